The van der Waals surface area contributed by atoms with Crippen molar-refractivity contribution in [3.05, 3.63) is 41.8 Å². The van der Waals surface area contributed by atoms with Crippen LogP contribution in [0.3, 0.4) is 0 Å². The first-order chi connectivity index (χ1) is 16.4. The molecule has 10 heteroatoms. The number of nitrogens with zero attached hydrogens (tertiary/aromatic N) is 3. The summed E-state index contributed by atoms with van der Waals surface area (Å²) in [6.45, 7) is 0. The van der Waals surface area contributed by atoms with Gasteiger partial charge < -0.3 is 21.1 Å². The second kappa shape index (κ2) is 10.5. The molecule has 0 saturated heterocycles. The van der Waals surface area contributed by atoms with Crippen molar-refractivity contribution < 1.29 is 18.7 Å². The van der Waals surface area contributed by atoms with Crippen LogP contribution in [0.2, 0.25) is 0 Å². The molecule has 180 valence electrons. The van der Waals surface area contributed by atoms with Gasteiger partial charge >= 0.3 is 6.09 Å². The zero-order chi connectivity index (χ0) is 24.1. The Morgan fingerprint density at radius 3 is 2.56 bits per heavy atom. The minimum Gasteiger partial charge on any atom is -0.446 e. The highest BCUT2D eigenvalue weighted by molar-refractivity contribution is 5.98. The number of nitrogens with two attached hydrogens (primary N) is 1. The van der Waals surface area contributed by atoms with Crippen molar-refractivity contribution in [2.75, 3.05) is 5.32 Å². The Morgan fingerprint density at radius 2 is 1.88 bits per heavy atom. The molecule has 4 N–H and O–H groups in total. The summed E-state index contributed by atoms with van der Waals surface area (Å²) in [7, 11) is 0. The number of halogens is 1. The number of benzene rings is 1. The summed E-state index contributed by atoms with van der Waals surface area (Å²) in [4.78, 5) is 24.3. The van der Waals surface area contributed by atoms with E-state index < -0.39 is 17.9 Å². The summed E-state index contributed by atoms with van der Waals surface area (Å²) in [6.07, 6.45) is 7.63. The fourth-order valence-corrected chi connectivity index (χ4v) is 4.78. The highest BCUT2D eigenvalue weighted by atomic mass is 19.1. The minimum absolute atomic E-state index is 0.160. The maximum atomic E-state index is 13.2. The van der Waals surface area contributed by atoms with Gasteiger partial charge in [0.1, 0.15) is 17.5 Å². The number of carbonyl (C=O) groups is 2. The third kappa shape index (κ3) is 5.65. The second-order valence-electron chi connectivity index (χ2n) is 8.99. The number of primary amides is 1. The van der Waals surface area contributed by atoms with Crippen molar-refractivity contribution >= 4 is 23.5 Å². The number of alkyl carbamates (subject to hydrolysis) is 1. The Labute approximate surface area is 197 Å². The van der Waals surface area contributed by atoms with Gasteiger partial charge in [0.2, 0.25) is 0 Å². The quantitative estimate of drug-likeness (QED) is 0.583. The molecule has 9 nitrogen and oxygen atoms in total. The highest BCUT2D eigenvalue weighted by Crippen LogP contribution is 2.36. The zero-order valence-corrected chi connectivity index (χ0v) is 18.9. The van der Waals surface area contributed by atoms with Gasteiger partial charge in [-0.05, 0) is 49.9 Å². The first-order valence-electron chi connectivity index (χ1n) is 11.7. The molecule has 4 rings (SSSR count). The maximum Gasteiger partial charge on any atom is 0.407 e. The van der Waals surface area contributed by atoms with Crippen LogP contribution in [0.15, 0.2) is 30.5 Å². The van der Waals surface area contributed by atoms with Gasteiger partial charge in [-0.2, -0.15) is 10.4 Å². The Bertz CT molecular complexity index is 1060. The van der Waals surface area contributed by atoms with E-state index in [4.69, 9.17) is 10.5 Å². The summed E-state index contributed by atoms with van der Waals surface area (Å²) in [6, 6.07) is 7.80. The smallest absolute Gasteiger partial charge is 0.407 e. The van der Waals surface area contributed by atoms with Crippen LogP contribution in [-0.2, 0) is 4.74 Å². The lowest BCUT2D eigenvalue weighted by atomic mass is 9.83. The SMILES string of the molecule is N#C[C@@H]1C[C@@H](OC(=O)NC2CCCCC2)CC[C@H]1n1cc(C(N)=O)c(Nc2ccc(F)cc2)n1. The topological polar surface area (TPSA) is 135 Å². The van der Waals surface area contributed by atoms with Crippen molar-refractivity contribution in [3.63, 3.8) is 0 Å². The molecule has 2 aliphatic carbocycles. The van der Waals surface area contributed by atoms with Crippen molar-refractivity contribution in [3.8, 4) is 6.07 Å². The summed E-state index contributed by atoms with van der Waals surface area (Å²) >= 11 is 0. The summed E-state index contributed by atoms with van der Waals surface area (Å²) in [5.41, 5.74) is 6.25. The monoisotopic (exact) mass is 468 g/mol. The van der Waals surface area contributed by atoms with E-state index in [-0.39, 0.29) is 35.4 Å². The number of anilines is 2. The van der Waals surface area contributed by atoms with Gasteiger partial charge in [-0.1, -0.05) is 19.3 Å². The van der Waals surface area contributed by atoms with Crippen molar-refractivity contribution in [1.29, 1.82) is 5.26 Å². The lowest BCUT2D eigenvalue weighted by molar-refractivity contribution is 0.0488. The molecule has 2 amide bonds. The lowest BCUT2D eigenvalue weighted by Gasteiger charge is -2.32. The molecule has 0 spiro atoms. The number of hydrogen-bond acceptors (Lipinski definition) is 6. The molecule has 1 aromatic heterocycles. The molecule has 2 aromatic rings. The first-order valence-corrected chi connectivity index (χ1v) is 11.7. The third-order valence-electron chi connectivity index (χ3n) is 6.58. The van der Waals surface area contributed by atoms with E-state index in [1.54, 1.807) is 4.68 Å². The molecule has 2 saturated carbocycles. The number of amides is 2. The van der Waals surface area contributed by atoms with Gasteiger partial charge in [-0.3, -0.25) is 9.48 Å². The Morgan fingerprint density at radius 1 is 1.15 bits per heavy atom. The standard InChI is InChI=1S/C24H29FN6O3/c25-16-6-8-18(9-7-16)28-23-20(22(27)32)14-31(30-23)21-11-10-19(12-15(21)13-26)34-24(33)29-17-4-2-1-3-5-17/h6-9,14-15,17,19,21H,1-5,10-12H2,(H2,27,32)(H,28,30)(H,29,33)/t15-,19-,21+/m0/s1. The van der Waals surface area contributed by atoms with Gasteiger partial charge in [0, 0.05) is 24.3 Å². The number of nitriles is 1. The van der Waals surface area contributed by atoms with Crippen LogP contribution in [-0.4, -0.2) is 33.9 Å². The van der Waals surface area contributed by atoms with E-state index in [2.05, 4.69) is 21.8 Å². The highest BCUT2D eigenvalue weighted by Gasteiger charge is 2.35. The van der Waals surface area contributed by atoms with Crippen molar-refractivity contribution in [2.45, 2.75) is 69.6 Å². The van der Waals surface area contributed by atoms with E-state index >= 15 is 0 Å². The Balaban J connectivity index is 1.42. The van der Waals surface area contributed by atoms with Gasteiger partial charge in [-0.15, -0.1) is 0 Å². The molecular formula is C24H29FN6O3. The molecule has 2 fully saturated rings. The third-order valence-corrected chi connectivity index (χ3v) is 6.58. The van der Waals surface area contributed by atoms with Crippen molar-refractivity contribution in [2.24, 2.45) is 11.7 Å². The van der Waals surface area contributed by atoms with E-state index in [0.717, 1.165) is 25.7 Å². The number of ether oxygens (including phenoxy) is 1. The largest absolute Gasteiger partial charge is 0.446 e. The van der Waals surface area contributed by atoms with E-state index in [0.29, 0.717) is 24.9 Å². The Hall–Kier alpha value is -3.61. The minimum atomic E-state index is -0.666. The van der Waals surface area contributed by atoms with Crippen molar-refractivity contribution in [1.82, 2.24) is 15.1 Å². The van der Waals surface area contributed by atoms with Crippen LogP contribution in [0.1, 0.15) is 67.8 Å². The second-order valence-corrected chi connectivity index (χ2v) is 8.99. The van der Waals surface area contributed by atoms with Crippen LogP contribution in [0, 0.1) is 23.1 Å². The predicted octanol–water partition coefficient (Wildman–Crippen LogP) is 4.16. The molecule has 0 bridgehead atoms. The number of aromatic nitrogens is 2. The molecule has 0 unspecified atom stereocenters. The van der Waals surface area contributed by atoms with E-state index in [1.165, 1.54) is 36.9 Å². The molecule has 2 aliphatic rings. The van der Waals surface area contributed by atoms with Crippen LogP contribution < -0.4 is 16.4 Å². The van der Waals surface area contributed by atoms with Crippen LogP contribution >= 0.6 is 0 Å². The number of rotatable bonds is 6. The fraction of sp³-hybridized carbons (Fsp3) is 0.500. The fourth-order valence-electron chi connectivity index (χ4n) is 4.78. The summed E-state index contributed by atoms with van der Waals surface area (Å²) < 4.78 is 20.4. The molecule has 0 aliphatic heterocycles. The molecule has 1 heterocycles. The number of hydrogen-bond donors (Lipinski definition) is 3. The van der Waals surface area contributed by atoms with Gasteiger partial charge in [0.05, 0.1) is 18.0 Å². The van der Waals surface area contributed by atoms with E-state index in [9.17, 15) is 19.2 Å². The molecule has 0 radical (unpaired) electrons. The average Bonchev–Trinajstić information content (AvgIpc) is 3.25. The lowest BCUT2D eigenvalue weighted by Crippen LogP contribution is -2.40. The van der Waals surface area contributed by atoms with E-state index in [1.807, 2.05) is 0 Å². The summed E-state index contributed by atoms with van der Waals surface area (Å²) in [5.74, 6) is -1.27. The molecular weight excluding hydrogens is 439 g/mol. The van der Waals surface area contributed by atoms with Gasteiger partial charge in [0.25, 0.3) is 5.91 Å². The number of carbonyl (C=O) groups excluding carboxylic acids is 2. The van der Waals surface area contributed by atoms with Crippen LogP contribution in [0.25, 0.3) is 0 Å². The van der Waals surface area contributed by atoms with Crippen LogP contribution in [0.5, 0.6) is 0 Å². The van der Waals surface area contributed by atoms with Crippen LogP contribution in [0.4, 0.5) is 20.7 Å². The average molecular weight is 469 g/mol. The molecule has 3 atom stereocenters. The van der Waals surface area contributed by atoms with Gasteiger partial charge in [-0.25, -0.2) is 9.18 Å². The number of nitrogens with one attached hydrogen (secondary N) is 2. The zero-order valence-electron chi connectivity index (χ0n) is 18.9. The molecule has 34 heavy (non-hydrogen) atoms. The predicted molar refractivity (Wildman–Crippen MR) is 123 cm³/mol. The normalized spacial score (nSPS) is 23.0. The summed E-state index contributed by atoms with van der Waals surface area (Å²) in [5, 5.41) is 20.2. The maximum absolute atomic E-state index is 13.2. The molecule has 1 aromatic carbocycles. The Kier molecular flexibility index (Phi) is 7.30. The first kappa shape index (κ1) is 23.5. The van der Waals surface area contributed by atoms with Gasteiger partial charge in [0.15, 0.2) is 5.82 Å².